The van der Waals surface area contributed by atoms with E-state index in [1.807, 2.05) is 62.3 Å². The SMILES string of the molecule is CO/C(OB1OC(C)(C)C(C)(C)O1)=C(\C)CB1OC(C)(C)C(C)(C)O1. The van der Waals surface area contributed by atoms with Crippen LogP contribution in [0.4, 0.5) is 0 Å². The molecule has 0 aliphatic carbocycles. The second-order valence-corrected chi connectivity index (χ2v) is 8.82. The Morgan fingerprint density at radius 1 is 0.760 bits per heavy atom. The molecule has 25 heavy (non-hydrogen) atoms. The van der Waals surface area contributed by atoms with Gasteiger partial charge in [0.2, 0.25) is 0 Å². The molecule has 0 amide bonds. The maximum atomic E-state index is 6.04. The van der Waals surface area contributed by atoms with Crippen molar-refractivity contribution in [3.8, 4) is 0 Å². The molecule has 2 aliphatic rings. The Bertz CT molecular complexity index is 509. The molecule has 0 aromatic heterocycles. The van der Waals surface area contributed by atoms with Crippen molar-refractivity contribution in [2.75, 3.05) is 7.11 Å². The van der Waals surface area contributed by atoms with Gasteiger partial charge < -0.3 is 28.0 Å². The maximum absolute atomic E-state index is 6.04. The van der Waals surface area contributed by atoms with Crippen molar-refractivity contribution in [1.29, 1.82) is 0 Å². The van der Waals surface area contributed by atoms with Crippen LogP contribution in [0.2, 0.25) is 6.32 Å². The summed E-state index contributed by atoms with van der Waals surface area (Å²) in [5.74, 6) is 0.369. The van der Waals surface area contributed by atoms with Gasteiger partial charge in [0.05, 0.1) is 29.5 Å². The van der Waals surface area contributed by atoms with Crippen molar-refractivity contribution in [3.05, 3.63) is 11.5 Å². The van der Waals surface area contributed by atoms with Gasteiger partial charge in [0.25, 0.3) is 5.95 Å². The van der Waals surface area contributed by atoms with Gasteiger partial charge in [-0.3, -0.25) is 0 Å². The molecule has 2 saturated heterocycles. The minimum atomic E-state index is -0.812. The molecule has 0 aromatic carbocycles. The summed E-state index contributed by atoms with van der Waals surface area (Å²) < 4.78 is 35.0. The Morgan fingerprint density at radius 2 is 1.16 bits per heavy atom. The largest absolute Gasteiger partial charge is 0.716 e. The van der Waals surface area contributed by atoms with E-state index in [-0.39, 0.29) is 18.3 Å². The second kappa shape index (κ2) is 6.48. The van der Waals surface area contributed by atoms with E-state index in [1.165, 1.54) is 0 Å². The predicted octanol–water partition coefficient (Wildman–Crippen LogP) is 3.56. The van der Waals surface area contributed by atoms with E-state index in [4.69, 9.17) is 28.0 Å². The predicted molar refractivity (Wildman–Crippen MR) is 97.8 cm³/mol. The molecule has 0 spiro atoms. The van der Waals surface area contributed by atoms with Gasteiger partial charge in [0.15, 0.2) is 0 Å². The first-order chi connectivity index (χ1) is 11.2. The Labute approximate surface area is 152 Å². The van der Waals surface area contributed by atoms with Gasteiger partial charge in [-0.1, -0.05) is 0 Å². The fourth-order valence-corrected chi connectivity index (χ4v) is 2.63. The van der Waals surface area contributed by atoms with E-state index in [0.29, 0.717) is 12.3 Å². The summed E-state index contributed by atoms with van der Waals surface area (Å²) in [7, 11) is 0.402. The van der Waals surface area contributed by atoms with Crippen LogP contribution in [-0.4, -0.2) is 44.0 Å². The lowest BCUT2D eigenvalue weighted by molar-refractivity contribution is 0.00578. The number of hydrogen-bond acceptors (Lipinski definition) is 6. The lowest BCUT2D eigenvalue weighted by Crippen LogP contribution is -2.41. The van der Waals surface area contributed by atoms with Crippen molar-refractivity contribution in [1.82, 2.24) is 0 Å². The van der Waals surface area contributed by atoms with Crippen LogP contribution in [-0.2, 0) is 28.0 Å². The molecule has 2 aliphatic heterocycles. The highest BCUT2D eigenvalue weighted by molar-refractivity contribution is 6.46. The molecule has 2 rings (SSSR count). The van der Waals surface area contributed by atoms with E-state index < -0.39 is 18.5 Å². The summed E-state index contributed by atoms with van der Waals surface area (Å²) >= 11 is 0. The fourth-order valence-electron chi connectivity index (χ4n) is 2.63. The normalized spacial score (nSPS) is 27.3. The van der Waals surface area contributed by atoms with E-state index in [9.17, 15) is 0 Å². The Morgan fingerprint density at radius 3 is 1.56 bits per heavy atom. The van der Waals surface area contributed by atoms with Crippen LogP contribution in [0.15, 0.2) is 11.5 Å². The highest BCUT2D eigenvalue weighted by Gasteiger charge is 2.55. The molecule has 0 bridgehead atoms. The van der Waals surface area contributed by atoms with Gasteiger partial charge in [-0.15, -0.1) is 0 Å². The monoisotopic (exact) mass is 354 g/mol. The number of ether oxygens (including phenoxy) is 1. The third kappa shape index (κ3) is 4.02. The number of methoxy groups -OCH3 is 1. The standard InChI is InChI=1S/C17H32B2O6/c1-12(11-18-22-14(2,3)15(4,5)23-18)13(20-10)21-19-24-16(6,7)17(8,9)25-19/h11H2,1-10H3/b13-12-. The van der Waals surface area contributed by atoms with Crippen LogP contribution in [0.3, 0.4) is 0 Å². The van der Waals surface area contributed by atoms with Crippen LogP contribution >= 0.6 is 0 Å². The molecule has 0 N–H and O–H groups in total. The van der Waals surface area contributed by atoms with Crippen LogP contribution in [0, 0.1) is 0 Å². The molecular weight excluding hydrogens is 322 g/mol. The fraction of sp³-hybridized carbons (Fsp3) is 0.882. The van der Waals surface area contributed by atoms with Gasteiger partial charge in [0.1, 0.15) is 0 Å². The van der Waals surface area contributed by atoms with Gasteiger partial charge in [0, 0.05) is 11.9 Å². The van der Waals surface area contributed by atoms with Crippen molar-refractivity contribution in [2.24, 2.45) is 0 Å². The zero-order chi connectivity index (χ0) is 19.3. The second-order valence-electron chi connectivity index (χ2n) is 8.82. The topological polar surface area (TPSA) is 55.4 Å². The molecule has 0 aromatic rings. The first-order valence-electron chi connectivity index (χ1n) is 8.82. The zero-order valence-corrected chi connectivity index (χ0v) is 17.3. The van der Waals surface area contributed by atoms with Crippen molar-refractivity contribution in [2.45, 2.75) is 91.0 Å². The summed E-state index contributed by atoms with van der Waals surface area (Å²) in [5.41, 5.74) is -0.780. The molecule has 0 unspecified atom stereocenters. The first kappa shape index (κ1) is 20.6. The third-order valence-electron chi connectivity index (χ3n) is 5.74. The number of allylic oxidation sites excluding steroid dienone is 1. The molecule has 0 saturated carbocycles. The summed E-state index contributed by atoms with van der Waals surface area (Å²) in [4.78, 5) is 0. The minimum Gasteiger partial charge on any atom is -0.485 e. The lowest BCUT2D eigenvalue weighted by atomic mass is 9.81. The van der Waals surface area contributed by atoms with Crippen LogP contribution < -0.4 is 0 Å². The van der Waals surface area contributed by atoms with Gasteiger partial charge >= 0.3 is 14.4 Å². The molecule has 2 fully saturated rings. The Kier molecular flexibility index (Phi) is 5.35. The van der Waals surface area contributed by atoms with Crippen LogP contribution in [0.1, 0.15) is 62.3 Å². The first-order valence-corrected chi connectivity index (χ1v) is 8.82. The van der Waals surface area contributed by atoms with E-state index >= 15 is 0 Å². The van der Waals surface area contributed by atoms with E-state index in [2.05, 4.69) is 0 Å². The molecule has 2 heterocycles. The average molecular weight is 354 g/mol. The summed E-state index contributed by atoms with van der Waals surface area (Å²) in [6, 6.07) is 0. The Balaban J connectivity index is 2.04. The maximum Gasteiger partial charge on any atom is 0.716 e. The molecule has 0 atom stereocenters. The summed E-state index contributed by atoms with van der Waals surface area (Å²) in [6.07, 6.45) is 0.537. The zero-order valence-electron chi connectivity index (χ0n) is 17.3. The molecule has 6 nitrogen and oxygen atoms in total. The smallest absolute Gasteiger partial charge is 0.485 e. The highest BCUT2D eigenvalue weighted by atomic mass is 16.8. The van der Waals surface area contributed by atoms with Gasteiger partial charge in [-0.05, 0) is 62.3 Å². The van der Waals surface area contributed by atoms with E-state index in [1.54, 1.807) is 7.11 Å². The minimum absolute atomic E-state index is 0.350. The summed E-state index contributed by atoms with van der Waals surface area (Å²) in [6.45, 7) is 18.0. The van der Waals surface area contributed by atoms with Crippen molar-refractivity contribution >= 4 is 14.4 Å². The van der Waals surface area contributed by atoms with Gasteiger partial charge in [-0.2, -0.15) is 0 Å². The van der Waals surface area contributed by atoms with E-state index in [0.717, 1.165) is 5.57 Å². The number of hydrogen-bond donors (Lipinski definition) is 0. The van der Waals surface area contributed by atoms with Gasteiger partial charge in [-0.25, -0.2) is 0 Å². The van der Waals surface area contributed by atoms with Crippen LogP contribution in [0.25, 0.3) is 0 Å². The van der Waals surface area contributed by atoms with Crippen LogP contribution in [0.5, 0.6) is 0 Å². The highest BCUT2D eigenvalue weighted by Crippen LogP contribution is 2.40. The average Bonchev–Trinajstić information content (AvgIpc) is 2.74. The summed E-state index contributed by atoms with van der Waals surface area (Å²) in [5, 5.41) is 0. The Hall–Kier alpha value is -0.690. The lowest BCUT2D eigenvalue weighted by Gasteiger charge is -2.32. The van der Waals surface area contributed by atoms with Crippen molar-refractivity contribution < 1.29 is 28.0 Å². The molecule has 142 valence electrons. The quantitative estimate of drug-likeness (QED) is 0.556. The molecule has 8 heteroatoms. The molecular formula is C17H32B2O6. The number of rotatable bonds is 5. The van der Waals surface area contributed by atoms with Crippen molar-refractivity contribution in [3.63, 3.8) is 0 Å². The third-order valence-corrected chi connectivity index (χ3v) is 5.74. The molecule has 0 radical (unpaired) electrons.